The Hall–Kier alpha value is -4.86. The number of ketones is 1. The molecule has 1 saturated heterocycles. The highest BCUT2D eigenvalue weighted by atomic mass is 16.5. The lowest BCUT2D eigenvalue weighted by atomic mass is 9.82. The molecule has 1 saturated carbocycles. The number of allylic oxidation sites excluding steroid dienone is 1. The topological polar surface area (TPSA) is 116 Å². The SMILES string of the molecule is C=C(C)n1cc(-c2ccc3c(c2)C(=O)CC2(CCN(C(=O)c4cc(OCC(=O)O)c5ccn(C6CC6)c5c4)CC2)O3)cn1. The first-order valence-corrected chi connectivity index (χ1v) is 14.6. The van der Waals surface area contributed by atoms with Crippen molar-refractivity contribution in [3.05, 3.63) is 72.7 Å². The van der Waals surface area contributed by atoms with Crippen LogP contribution in [-0.2, 0) is 4.79 Å². The quantitative estimate of drug-likeness (QED) is 0.310. The Bertz CT molecular complexity index is 1800. The number of aromatic nitrogens is 3. The number of carboxylic acid groups (broad SMARTS) is 1. The number of aliphatic carboxylic acids is 1. The lowest BCUT2D eigenvalue weighted by Crippen LogP contribution is -2.52. The predicted molar refractivity (Wildman–Crippen MR) is 159 cm³/mol. The Labute approximate surface area is 248 Å². The number of piperidine rings is 1. The lowest BCUT2D eigenvalue weighted by Gasteiger charge is -2.44. The first-order valence-electron chi connectivity index (χ1n) is 14.6. The normalized spacial score (nSPS) is 17.5. The maximum absolute atomic E-state index is 13.7. The molecule has 4 heterocycles. The number of fused-ring (bicyclic) bond motifs is 2. The summed E-state index contributed by atoms with van der Waals surface area (Å²) in [6.45, 7) is 6.17. The van der Waals surface area contributed by atoms with Gasteiger partial charge in [0.15, 0.2) is 12.4 Å². The minimum atomic E-state index is -1.08. The minimum absolute atomic E-state index is 0.0293. The van der Waals surface area contributed by atoms with E-state index >= 15 is 0 Å². The number of benzene rings is 2. The first-order chi connectivity index (χ1) is 20.7. The third-order valence-electron chi connectivity index (χ3n) is 8.70. The predicted octanol–water partition coefficient (Wildman–Crippen LogP) is 5.43. The van der Waals surface area contributed by atoms with Gasteiger partial charge in [-0.3, -0.25) is 9.59 Å². The van der Waals surface area contributed by atoms with E-state index in [1.165, 1.54) is 0 Å². The Morgan fingerprint density at radius 3 is 2.63 bits per heavy atom. The number of rotatable bonds is 7. The number of nitrogens with zero attached hydrogens (tertiary/aromatic N) is 4. The molecule has 10 heteroatoms. The van der Waals surface area contributed by atoms with Gasteiger partial charge in [-0.2, -0.15) is 5.10 Å². The van der Waals surface area contributed by atoms with Gasteiger partial charge in [0.05, 0.1) is 23.7 Å². The fourth-order valence-corrected chi connectivity index (χ4v) is 6.21. The van der Waals surface area contributed by atoms with E-state index in [4.69, 9.17) is 9.47 Å². The van der Waals surface area contributed by atoms with Crippen LogP contribution in [0.1, 0.15) is 65.8 Å². The van der Waals surface area contributed by atoms with Gasteiger partial charge in [-0.05, 0) is 55.7 Å². The summed E-state index contributed by atoms with van der Waals surface area (Å²) in [5.74, 6) is -0.241. The Morgan fingerprint density at radius 1 is 1.14 bits per heavy atom. The average Bonchev–Trinajstić information content (AvgIpc) is 3.53. The summed E-state index contributed by atoms with van der Waals surface area (Å²) < 4.78 is 15.9. The van der Waals surface area contributed by atoms with Crippen molar-refractivity contribution < 1.29 is 29.0 Å². The van der Waals surface area contributed by atoms with E-state index in [1.54, 1.807) is 21.8 Å². The highest BCUT2D eigenvalue weighted by molar-refractivity contribution is 6.02. The van der Waals surface area contributed by atoms with E-state index in [2.05, 4.69) is 16.2 Å². The maximum atomic E-state index is 13.7. The molecule has 2 aromatic carbocycles. The number of ether oxygens (including phenoxy) is 2. The highest BCUT2D eigenvalue weighted by Crippen LogP contribution is 2.42. The standard InChI is InChI=1S/C33H32N4O6/c1-20(2)37-18-23(17-34-37)21-3-6-29-26(13-21)28(38)16-33(43-29)8-11-35(12-9-33)32(41)22-14-27-25(7-10-36(27)24-4-5-24)30(15-22)42-19-31(39)40/h3,6-7,10,13-15,17-18,24H,1,4-5,8-9,11-12,16,19H2,2H3,(H,39,40). The van der Waals surface area contributed by atoms with E-state index in [1.807, 2.05) is 49.6 Å². The van der Waals surface area contributed by atoms with Crippen LogP contribution >= 0.6 is 0 Å². The van der Waals surface area contributed by atoms with Gasteiger partial charge < -0.3 is 24.0 Å². The summed E-state index contributed by atoms with van der Waals surface area (Å²) in [7, 11) is 0. The summed E-state index contributed by atoms with van der Waals surface area (Å²) in [5, 5.41) is 14.3. The summed E-state index contributed by atoms with van der Waals surface area (Å²) in [5.41, 5.74) is 3.81. The number of likely N-dealkylation sites (tertiary alicyclic amines) is 1. The van der Waals surface area contributed by atoms with Crippen molar-refractivity contribution in [2.24, 2.45) is 0 Å². The van der Waals surface area contributed by atoms with Crippen molar-refractivity contribution in [2.45, 2.75) is 50.7 Å². The number of carboxylic acids is 1. The summed E-state index contributed by atoms with van der Waals surface area (Å²) >= 11 is 0. The van der Waals surface area contributed by atoms with Crippen LogP contribution in [0.5, 0.6) is 11.5 Å². The van der Waals surface area contributed by atoms with E-state index < -0.39 is 18.2 Å². The van der Waals surface area contributed by atoms with Crippen LogP contribution in [0.15, 0.2) is 61.6 Å². The monoisotopic (exact) mass is 580 g/mol. The van der Waals surface area contributed by atoms with Gasteiger partial charge in [-0.25, -0.2) is 9.48 Å². The van der Waals surface area contributed by atoms with Gasteiger partial charge in [0, 0.05) is 66.6 Å². The second kappa shape index (κ2) is 10.1. The molecular weight excluding hydrogens is 548 g/mol. The van der Waals surface area contributed by atoms with Crippen molar-refractivity contribution in [3.8, 4) is 22.6 Å². The van der Waals surface area contributed by atoms with Crippen molar-refractivity contribution in [1.29, 1.82) is 0 Å². The van der Waals surface area contributed by atoms with Crippen molar-refractivity contribution in [2.75, 3.05) is 19.7 Å². The van der Waals surface area contributed by atoms with E-state index in [9.17, 15) is 19.5 Å². The van der Waals surface area contributed by atoms with Gasteiger partial charge >= 0.3 is 5.97 Å². The largest absolute Gasteiger partial charge is 0.486 e. The number of amides is 1. The third-order valence-corrected chi connectivity index (χ3v) is 8.70. The fraction of sp³-hybridized carbons (Fsp3) is 0.333. The Morgan fingerprint density at radius 2 is 1.93 bits per heavy atom. The molecule has 1 aliphatic carbocycles. The molecule has 4 aromatic rings. The molecule has 0 bridgehead atoms. The van der Waals surface area contributed by atoms with E-state index in [0.29, 0.717) is 54.6 Å². The number of hydrogen-bond donors (Lipinski definition) is 1. The third kappa shape index (κ3) is 4.96. The zero-order chi connectivity index (χ0) is 29.9. The molecule has 0 unspecified atom stereocenters. The molecule has 1 amide bonds. The average molecular weight is 581 g/mol. The number of hydrogen-bond acceptors (Lipinski definition) is 6. The molecule has 7 rings (SSSR count). The van der Waals surface area contributed by atoms with E-state index in [0.717, 1.165) is 40.6 Å². The highest BCUT2D eigenvalue weighted by Gasteiger charge is 2.44. The second-order valence-electron chi connectivity index (χ2n) is 11.8. The van der Waals surface area contributed by atoms with E-state index in [-0.39, 0.29) is 18.1 Å². The summed E-state index contributed by atoms with van der Waals surface area (Å²) in [6.07, 6.45) is 9.07. The van der Waals surface area contributed by atoms with Crippen LogP contribution in [0, 0.1) is 0 Å². The molecule has 2 fully saturated rings. The van der Waals surface area contributed by atoms with Gasteiger partial charge in [-0.1, -0.05) is 12.6 Å². The first kappa shape index (κ1) is 27.0. The van der Waals surface area contributed by atoms with Crippen LogP contribution < -0.4 is 9.47 Å². The Kier molecular flexibility index (Phi) is 6.37. The van der Waals surface area contributed by atoms with Crippen LogP contribution in [0.2, 0.25) is 0 Å². The van der Waals surface area contributed by atoms with Gasteiger partial charge in [0.25, 0.3) is 5.91 Å². The number of Topliss-reactive ketones (excluding diaryl/α,β-unsaturated/α-hetero) is 1. The van der Waals surface area contributed by atoms with Crippen molar-refractivity contribution >= 4 is 34.3 Å². The molecule has 3 aliphatic rings. The van der Waals surface area contributed by atoms with Crippen LogP contribution in [0.3, 0.4) is 0 Å². The maximum Gasteiger partial charge on any atom is 0.341 e. The van der Waals surface area contributed by atoms with Crippen molar-refractivity contribution in [1.82, 2.24) is 19.2 Å². The summed E-state index contributed by atoms with van der Waals surface area (Å²) in [4.78, 5) is 40.1. The molecule has 0 atom stereocenters. The van der Waals surface area contributed by atoms with Crippen molar-refractivity contribution in [3.63, 3.8) is 0 Å². The minimum Gasteiger partial charge on any atom is -0.486 e. The zero-order valence-corrected chi connectivity index (χ0v) is 23.9. The molecule has 2 aromatic heterocycles. The molecule has 2 aliphatic heterocycles. The molecule has 220 valence electrons. The summed E-state index contributed by atoms with van der Waals surface area (Å²) in [6, 6.07) is 11.5. The fourth-order valence-electron chi connectivity index (χ4n) is 6.21. The molecule has 0 radical (unpaired) electrons. The molecule has 43 heavy (non-hydrogen) atoms. The van der Waals surface area contributed by atoms with Gasteiger partial charge in [-0.15, -0.1) is 0 Å². The molecular formula is C33H32N4O6. The lowest BCUT2D eigenvalue weighted by molar-refractivity contribution is -0.139. The van der Waals surface area contributed by atoms with Gasteiger partial charge in [0.1, 0.15) is 17.1 Å². The zero-order valence-electron chi connectivity index (χ0n) is 23.9. The van der Waals surface area contributed by atoms with Gasteiger partial charge in [0.2, 0.25) is 0 Å². The van der Waals surface area contributed by atoms with Crippen LogP contribution in [0.4, 0.5) is 0 Å². The second-order valence-corrected chi connectivity index (χ2v) is 11.8. The van der Waals surface area contributed by atoms with Crippen LogP contribution in [-0.4, -0.2) is 67.3 Å². The number of carbonyl (C=O) groups is 3. The Balaban J connectivity index is 1.09. The molecule has 1 N–H and O–H groups in total. The molecule has 1 spiro atoms. The smallest absolute Gasteiger partial charge is 0.341 e. The number of carbonyl (C=O) groups excluding carboxylic acids is 2. The van der Waals surface area contributed by atoms with Crippen LogP contribution in [0.25, 0.3) is 27.7 Å². The molecule has 10 nitrogen and oxygen atoms in total.